The summed E-state index contributed by atoms with van der Waals surface area (Å²) < 4.78 is 0. The van der Waals surface area contributed by atoms with E-state index < -0.39 is 0 Å². The van der Waals surface area contributed by atoms with Crippen molar-refractivity contribution in [3.63, 3.8) is 0 Å². The maximum Gasteiger partial charge on any atom is 0.220 e. The zero-order valence-electron chi connectivity index (χ0n) is 13.7. The van der Waals surface area contributed by atoms with Gasteiger partial charge < -0.3 is 10.6 Å². The van der Waals surface area contributed by atoms with Crippen LogP contribution in [0.15, 0.2) is 24.3 Å². The average Bonchev–Trinajstić information content (AvgIpc) is 2.48. The number of carbonyl (C=O) groups excluding carboxylic acids is 1. The Balaban J connectivity index is 0.00000242. The van der Waals surface area contributed by atoms with Gasteiger partial charge in [-0.05, 0) is 57.2 Å². The number of halogens is 1. The number of hydrogen-bond acceptors (Lipinski definition) is 2. The van der Waals surface area contributed by atoms with Crippen molar-refractivity contribution in [2.24, 2.45) is 5.92 Å². The van der Waals surface area contributed by atoms with Gasteiger partial charge in [-0.2, -0.15) is 0 Å². The highest BCUT2D eigenvalue weighted by atomic mass is 35.5. The Morgan fingerprint density at radius 2 is 2.00 bits per heavy atom. The number of aryl methyl sites for hydroxylation is 2. The first kappa shape index (κ1) is 19.0. The molecule has 2 rings (SSSR count). The lowest BCUT2D eigenvalue weighted by Crippen LogP contribution is -2.48. The lowest BCUT2D eigenvalue weighted by Gasteiger charge is -2.30. The number of rotatable bonds is 6. The molecule has 2 N–H and O–H groups in total. The highest BCUT2D eigenvalue weighted by Crippen LogP contribution is 2.12. The van der Waals surface area contributed by atoms with Gasteiger partial charge in [-0.3, -0.25) is 4.79 Å². The number of amides is 1. The van der Waals surface area contributed by atoms with Crippen LogP contribution in [0.5, 0.6) is 0 Å². The van der Waals surface area contributed by atoms with Crippen molar-refractivity contribution in [3.05, 3.63) is 35.4 Å². The summed E-state index contributed by atoms with van der Waals surface area (Å²) in [6.07, 6.45) is 4.83. The minimum Gasteiger partial charge on any atom is -0.353 e. The quantitative estimate of drug-likeness (QED) is 0.789. The molecule has 1 fully saturated rings. The van der Waals surface area contributed by atoms with Crippen LogP contribution in [0.25, 0.3) is 0 Å². The Morgan fingerprint density at radius 1 is 1.27 bits per heavy atom. The van der Waals surface area contributed by atoms with Crippen LogP contribution in [0.2, 0.25) is 0 Å². The van der Waals surface area contributed by atoms with Crippen LogP contribution >= 0.6 is 12.4 Å². The molecule has 0 spiro atoms. The van der Waals surface area contributed by atoms with Crippen molar-refractivity contribution >= 4 is 18.3 Å². The molecule has 1 amide bonds. The highest BCUT2D eigenvalue weighted by molar-refractivity contribution is 5.85. The van der Waals surface area contributed by atoms with Gasteiger partial charge in [0.15, 0.2) is 0 Å². The fraction of sp³-hybridized carbons (Fsp3) is 0.611. The van der Waals surface area contributed by atoms with Crippen LogP contribution in [0, 0.1) is 12.8 Å². The van der Waals surface area contributed by atoms with Gasteiger partial charge in [0.1, 0.15) is 0 Å². The number of benzene rings is 1. The molecule has 124 valence electrons. The van der Waals surface area contributed by atoms with E-state index in [4.69, 9.17) is 0 Å². The Hall–Kier alpha value is -1.06. The van der Waals surface area contributed by atoms with Crippen LogP contribution in [0.3, 0.4) is 0 Å². The van der Waals surface area contributed by atoms with Gasteiger partial charge in [0, 0.05) is 12.5 Å². The molecule has 3 nitrogen and oxygen atoms in total. The third-order valence-corrected chi connectivity index (χ3v) is 4.37. The van der Waals surface area contributed by atoms with Crippen LogP contribution in [0.4, 0.5) is 0 Å². The molecule has 0 aromatic heterocycles. The summed E-state index contributed by atoms with van der Waals surface area (Å²) in [5.41, 5.74) is 2.67. The zero-order valence-corrected chi connectivity index (χ0v) is 14.5. The second-order valence-corrected chi connectivity index (χ2v) is 6.34. The molecule has 0 radical (unpaired) electrons. The zero-order chi connectivity index (χ0) is 15.1. The fourth-order valence-electron chi connectivity index (χ4n) is 2.88. The van der Waals surface area contributed by atoms with Gasteiger partial charge in [0.05, 0.1) is 0 Å². The standard InChI is InChI=1S/C18H28N2O.ClH/c1-14-7-9-16(10-8-14)5-3-4-6-18(21)20-17-11-12-19-13-15(17)2;/h7-10,15,17,19H,3-6,11-13H2,1-2H3,(H,20,21);1H. The number of hydrogen-bond donors (Lipinski definition) is 2. The first-order chi connectivity index (χ1) is 10.1. The predicted molar refractivity (Wildman–Crippen MR) is 94.6 cm³/mol. The Morgan fingerprint density at radius 3 is 2.68 bits per heavy atom. The molecule has 1 aromatic rings. The average molecular weight is 325 g/mol. The minimum atomic E-state index is 0. The summed E-state index contributed by atoms with van der Waals surface area (Å²) >= 11 is 0. The van der Waals surface area contributed by atoms with E-state index in [1.165, 1.54) is 11.1 Å². The highest BCUT2D eigenvalue weighted by Gasteiger charge is 2.22. The summed E-state index contributed by atoms with van der Waals surface area (Å²) in [6, 6.07) is 9.04. The molecule has 22 heavy (non-hydrogen) atoms. The maximum absolute atomic E-state index is 12.0. The molecule has 1 heterocycles. The van der Waals surface area contributed by atoms with Gasteiger partial charge >= 0.3 is 0 Å². The Labute approximate surface area is 140 Å². The molecule has 1 aliphatic rings. The molecule has 0 aliphatic carbocycles. The number of carbonyl (C=O) groups is 1. The van der Waals surface area contributed by atoms with Crippen molar-refractivity contribution in [2.75, 3.05) is 13.1 Å². The predicted octanol–water partition coefficient (Wildman–Crippen LogP) is 3.24. The number of unbranched alkanes of at least 4 members (excludes halogenated alkanes) is 1. The summed E-state index contributed by atoms with van der Waals surface area (Å²) in [5, 5.41) is 6.56. The summed E-state index contributed by atoms with van der Waals surface area (Å²) in [4.78, 5) is 12.0. The summed E-state index contributed by atoms with van der Waals surface area (Å²) in [6.45, 7) is 6.34. The van der Waals surface area contributed by atoms with Crippen LogP contribution in [-0.2, 0) is 11.2 Å². The second-order valence-electron chi connectivity index (χ2n) is 6.34. The summed E-state index contributed by atoms with van der Waals surface area (Å²) in [5.74, 6) is 0.757. The van der Waals surface area contributed by atoms with Gasteiger partial charge in [-0.15, -0.1) is 12.4 Å². The van der Waals surface area contributed by atoms with E-state index in [-0.39, 0.29) is 18.3 Å². The molecule has 1 aromatic carbocycles. The minimum absolute atomic E-state index is 0. The second kappa shape index (κ2) is 9.86. The molecule has 1 aliphatic heterocycles. The lowest BCUT2D eigenvalue weighted by molar-refractivity contribution is -0.122. The van der Waals surface area contributed by atoms with Crippen molar-refractivity contribution in [3.8, 4) is 0 Å². The molecule has 2 atom stereocenters. The van der Waals surface area contributed by atoms with Crippen molar-refractivity contribution in [1.29, 1.82) is 0 Å². The van der Waals surface area contributed by atoms with Gasteiger partial charge in [-0.25, -0.2) is 0 Å². The molecule has 0 bridgehead atoms. The fourth-order valence-corrected chi connectivity index (χ4v) is 2.88. The third-order valence-electron chi connectivity index (χ3n) is 4.37. The third kappa shape index (κ3) is 6.37. The Bertz CT molecular complexity index is 447. The molecular formula is C18H29ClN2O. The van der Waals surface area contributed by atoms with E-state index in [2.05, 4.69) is 48.7 Å². The van der Waals surface area contributed by atoms with Gasteiger partial charge in [0.25, 0.3) is 0 Å². The van der Waals surface area contributed by atoms with E-state index in [0.29, 0.717) is 18.4 Å². The largest absolute Gasteiger partial charge is 0.353 e. The normalized spacial score (nSPS) is 21.0. The Kier molecular flexibility index (Phi) is 8.51. The summed E-state index contributed by atoms with van der Waals surface area (Å²) in [7, 11) is 0. The molecule has 2 unspecified atom stereocenters. The van der Waals surface area contributed by atoms with Crippen molar-refractivity contribution in [2.45, 2.75) is 52.0 Å². The van der Waals surface area contributed by atoms with Crippen LogP contribution in [0.1, 0.15) is 43.7 Å². The van der Waals surface area contributed by atoms with Crippen molar-refractivity contribution < 1.29 is 4.79 Å². The topological polar surface area (TPSA) is 41.1 Å². The maximum atomic E-state index is 12.0. The number of piperidine rings is 1. The van der Waals surface area contributed by atoms with E-state index in [0.717, 1.165) is 38.8 Å². The molecular weight excluding hydrogens is 296 g/mol. The SMILES string of the molecule is Cc1ccc(CCCCC(=O)NC2CCNCC2C)cc1.Cl. The molecule has 0 saturated carbocycles. The van der Waals surface area contributed by atoms with Gasteiger partial charge in [-0.1, -0.05) is 36.8 Å². The van der Waals surface area contributed by atoms with E-state index in [9.17, 15) is 4.79 Å². The van der Waals surface area contributed by atoms with E-state index >= 15 is 0 Å². The van der Waals surface area contributed by atoms with E-state index in [1.807, 2.05) is 0 Å². The van der Waals surface area contributed by atoms with E-state index in [1.54, 1.807) is 0 Å². The van der Waals surface area contributed by atoms with Crippen molar-refractivity contribution in [1.82, 2.24) is 10.6 Å². The smallest absolute Gasteiger partial charge is 0.220 e. The molecule has 1 saturated heterocycles. The van der Waals surface area contributed by atoms with Crippen LogP contribution in [-0.4, -0.2) is 25.0 Å². The first-order valence-electron chi connectivity index (χ1n) is 8.21. The lowest BCUT2D eigenvalue weighted by atomic mass is 9.95. The van der Waals surface area contributed by atoms with Gasteiger partial charge in [0.2, 0.25) is 5.91 Å². The number of nitrogens with one attached hydrogen (secondary N) is 2. The van der Waals surface area contributed by atoms with Crippen LogP contribution < -0.4 is 10.6 Å². The first-order valence-corrected chi connectivity index (χ1v) is 8.21. The monoisotopic (exact) mass is 324 g/mol. The molecule has 4 heteroatoms.